The van der Waals surface area contributed by atoms with Gasteiger partial charge < -0.3 is 0 Å². The second-order valence-corrected chi connectivity index (χ2v) is 5.90. The Kier molecular flexibility index (Phi) is 5.37. The van der Waals surface area contributed by atoms with E-state index in [0.717, 1.165) is 13.0 Å². The number of hydrogen-bond acceptors (Lipinski definition) is 2. The van der Waals surface area contributed by atoms with Gasteiger partial charge in [-0.15, -0.1) is 0 Å². The molecule has 2 nitrogen and oxygen atoms in total. The van der Waals surface area contributed by atoms with Crippen LogP contribution < -0.4 is 5.32 Å². The van der Waals surface area contributed by atoms with Gasteiger partial charge in [0.2, 0.25) is 0 Å². The predicted octanol–water partition coefficient (Wildman–Crippen LogP) is 3.74. The summed E-state index contributed by atoms with van der Waals surface area (Å²) in [4.78, 5) is 0. The maximum Gasteiger partial charge on any atom is 0.0960 e. The second-order valence-electron chi connectivity index (χ2n) is 5.90. The lowest BCUT2D eigenvalue weighted by molar-refractivity contribution is 0.212. The summed E-state index contributed by atoms with van der Waals surface area (Å²) < 4.78 is 0. The minimum atomic E-state index is -0.0809. The first-order chi connectivity index (χ1) is 8.45. The molecule has 1 aromatic carbocycles. The van der Waals surface area contributed by atoms with E-state index in [2.05, 4.69) is 51.2 Å². The van der Waals surface area contributed by atoms with Gasteiger partial charge >= 0.3 is 0 Å². The fourth-order valence-electron chi connectivity index (χ4n) is 1.76. The van der Waals surface area contributed by atoms with Gasteiger partial charge in [-0.05, 0) is 23.3 Å². The Hall–Kier alpha value is -1.33. The predicted molar refractivity (Wildman–Crippen MR) is 75.9 cm³/mol. The van der Waals surface area contributed by atoms with E-state index >= 15 is 0 Å². The number of nitriles is 1. The highest BCUT2D eigenvalue weighted by Gasteiger charge is 2.26. The van der Waals surface area contributed by atoms with E-state index in [9.17, 15) is 5.26 Å². The van der Waals surface area contributed by atoms with E-state index < -0.39 is 0 Å². The van der Waals surface area contributed by atoms with Gasteiger partial charge in [0.25, 0.3) is 0 Å². The van der Waals surface area contributed by atoms with Crippen LogP contribution in [0.25, 0.3) is 0 Å². The molecule has 1 aromatic rings. The summed E-state index contributed by atoms with van der Waals surface area (Å²) in [6.45, 7) is 9.64. The maximum atomic E-state index is 9.24. The third-order valence-electron chi connectivity index (χ3n) is 3.84. The van der Waals surface area contributed by atoms with Crippen LogP contribution in [0.5, 0.6) is 0 Å². The molecule has 1 rings (SSSR count). The third-order valence-corrected chi connectivity index (χ3v) is 3.84. The topological polar surface area (TPSA) is 35.8 Å². The normalized spacial score (nSPS) is 13.3. The molecular weight excluding hydrogens is 220 g/mol. The molecule has 1 unspecified atom stereocenters. The zero-order valence-electron chi connectivity index (χ0n) is 11.9. The Labute approximate surface area is 111 Å². The zero-order valence-corrected chi connectivity index (χ0v) is 11.9. The first-order valence-electron chi connectivity index (χ1n) is 6.62. The van der Waals surface area contributed by atoms with Gasteiger partial charge in [-0.2, -0.15) is 5.26 Å². The molecule has 0 heterocycles. The Morgan fingerprint density at radius 3 is 2.33 bits per heavy atom. The van der Waals surface area contributed by atoms with Crippen LogP contribution in [-0.2, 0) is 6.54 Å². The average Bonchev–Trinajstić information content (AvgIpc) is 2.35. The summed E-state index contributed by atoms with van der Waals surface area (Å²) >= 11 is 0. The molecule has 0 aliphatic rings. The van der Waals surface area contributed by atoms with Crippen LogP contribution in [0.3, 0.4) is 0 Å². The Balaban J connectivity index is 2.51. The van der Waals surface area contributed by atoms with Crippen LogP contribution in [0.15, 0.2) is 30.3 Å². The van der Waals surface area contributed by atoms with Crippen LogP contribution >= 0.6 is 0 Å². The summed E-state index contributed by atoms with van der Waals surface area (Å²) in [5, 5.41) is 12.6. The molecule has 0 amide bonds. The quantitative estimate of drug-likeness (QED) is 0.827. The van der Waals surface area contributed by atoms with E-state index in [4.69, 9.17) is 0 Å². The van der Waals surface area contributed by atoms with Crippen molar-refractivity contribution in [2.45, 2.75) is 46.7 Å². The van der Waals surface area contributed by atoms with Crippen molar-refractivity contribution < 1.29 is 0 Å². The van der Waals surface area contributed by atoms with Gasteiger partial charge in [-0.3, -0.25) is 5.32 Å². The SMILES string of the molecule is CC(C)C(C)(C)CC(C#N)NCc1ccccc1. The van der Waals surface area contributed by atoms with Crippen LogP contribution in [0.2, 0.25) is 0 Å². The van der Waals surface area contributed by atoms with Gasteiger partial charge in [0.05, 0.1) is 12.1 Å². The van der Waals surface area contributed by atoms with Crippen molar-refractivity contribution in [3.63, 3.8) is 0 Å². The first-order valence-corrected chi connectivity index (χ1v) is 6.62. The molecule has 0 saturated heterocycles. The molecule has 1 N–H and O–H groups in total. The third kappa shape index (κ3) is 4.50. The number of nitrogens with one attached hydrogen (secondary N) is 1. The summed E-state index contributed by atoms with van der Waals surface area (Å²) in [5.74, 6) is 0.576. The van der Waals surface area contributed by atoms with Gasteiger partial charge in [-0.1, -0.05) is 58.0 Å². The molecule has 0 radical (unpaired) electrons. The van der Waals surface area contributed by atoms with Crippen molar-refractivity contribution in [3.8, 4) is 6.07 Å². The van der Waals surface area contributed by atoms with Gasteiger partial charge in [0, 0.05) is 6.54 Å². The number of hydrogen-bond donors (Lipinski definition) is 1. The molecule has 0 aliphatic heterocycles. The van der Waals surface area contributed by atoms with E-state index in [1.54, 1.807) is 0 Å². The fraction of sp³-hybridized carbons (Fsp3) is 0.562. The smallest absolute Gasteiger partial charge is 0.0960 e. The Morgan fingerprint density at radius 2 is 1.83 bits per heavy atom. The molecule has 2 heteroatoms. The van der Waals surface area contributed by atoms with E-state index in [1.165, 1.54) is 5.56 Å². The van der Waals surface area contributed by atoms with Crippen molar-refractivity contribution in [2.24, 2.45) is 11.3 Å². The lowest BCUT2D eigenvalue weighted by Crippen LogP contribution is -2.34. The molecule has 0 saturated carbocycles. The summed E-state index contributed by atoms with van der Waals surface area (Å²) in [6.07, 6.45) is 0.883. The zero-order chi connectivity index (χ0) is 13.6. The summed E-state index contributed by atoms with van der Waals surface area (Å²) in [5.41, 5.74) is 1.41. The fourth-order valence-corrected chi connectivity index (χ4v) is 1.76. The molecule has 0 bridgehead atoms. The van der Waals surface area contributed by atoms with E-state index in [-0.39, 0.29) is 11.5 Å². The van der Waals surface area contributed by atoms with Gasteiger partial charge in [0.15, 0.2) is 0 Å². The van der Waals surface area contributed by atoms with Crippen molar-refractivity contribution in [1.29, 1.82) is 5.26 Å². The minimum Gasteiger partial charge on any atom is -0.298 e. The minimum absolute atomic E-state index is 0.0809. The highest BCUT2D eigenvalue weighted by atomic mass is 14.9. The van der Waals surface area contributed by atoms with E-state index in [1.807, 2.05) is 18.2 Å². The van der Waals surface area contributed by atoms with Crippen molar-refractivity contribution in [3.05, 3.63) is 35.9 Å². The molecule has 0 spiro atoms. The van der Waals surface area contributed by atoms with Crippen LogP contribution in [0.1, 0.15) is 39.7 Å². The van der Waals surface area contributed by atoms with Gasteiger partial charge in [0.1, 0.15) is 0 Å². The summed E-state index contributed by atoms with van der Waals surface area (Å²) in [6, 6.07) is 12.5. The number of rotatable bonds is 6. The van der Waals surface area contributed by atoms with Crippen molar-refractivity contribution in [1.82, 2.24) is 5.32 Å². The van der Waals surface area contributed by atoms with Crippen LogP contribution in [-0.4, -0.2) is 6.04 Å². The molecule has 0 fully saturated rings. The molecular formula is C16H24N2. The maximum absolute atomic E-state index is 9.24. The molecule has 1 atom stereocenters. The molecule has 98 valence electrons. The van der Waals surface area contributed by atoms with E-state index in [0.29, 0.717) is 5.92 Å². The number of benzene rings is 1. The highest BCUT2D eigenvalue weighted by Crippen LogP contribution is 2.31. The monoisotopic (exact) mass is 244 g/mol. The van der Waals surface area contributed by atoms with Crippen molar-refractivity contribution >= 4 is 0 Å². The lowest BCUT2D eigenvalue weighted by atomic mass is 9.76. The van der Waals surface area contributed by atoms with Crippen LogP contribution in [0.4, 0.5) is 0 Å². The standard InChI is InChI=1S/C16H24N2/c1-13(2)16(3,4)10-15(11-17)18-12-14-8-6-5-7-9-14/h5-9,13,15,18H,10,12H2,1-4H3. The Morgan fingerprint density at radius 1 is 1.22 bits per heavy atom. The number of nitrogens with zero attached hydrogens (tertiary/aromatic N) is 1. The summed E-state index contributed by atoms with van der Waals surface area (Å²) in [7, 11) is 0. The highest BCUT2D eigenvalue weighted by molar-refractivity contribution is 5.14. The molecule has 0 aromatic heterocycles. The average molecular weight is 244 g/mol. The largest absolute Gasteiger partial charge is 0.298 e. The van der Waals surface area contributed by atoms with Crippen LogP contribution in [0, 0.1) is 22.7 Å². The lowest BCUT2D eigenvalue weighted by Gasteiger charge is -2.31. The van der Waals surface area contributed by atoms with Gasteiger partial charge in [-0.25, -0.2) is 0 Å². The Bertz CT molecular complexity index is 387. The van der Waals surface area contributed by atoms with Crippen molar-refractivity contribution in [2.75, 3.05) is 0 Å². The molecule has 18 heavy (non-hydrogen) atoms. The first kappa shape index (κ1) is 14.7. The second kappa shape index (κ2) is 6.56. The molecule has 0 aliphatic carbocycles.